The summed E-state index contributed by atoms with van der Waals surface area (Å²) in [7, 11) is 3.16. The van der Waals surface area contributed by atoms with Crippen LogP contribution in [-0.4, -0.2) is 34.5 Å². The van der Waals surface area contributed by atoms with E-state index >= 15 is 0 Å². The summed E-state index contributed by atoms with van der Waals surface area (Å²) in [5.74, 6) is 0.692. The molecule has 0 saturated heterocycles. The number of nitrogens with zero attached hydrogens (tertiary/aromatic N) is 2. The topological polar surface area (TPSA) is 73.2 Å². The number of fused-ring (bicyclic) bond motifs is 1. The molecule has 0 radical (unpaired) electrons. The number of amides is 1. The predicted octanol–water partition coefficient (Wildman–Crippen LogP) is 1.98. The molecule has 1 amide bonds. The van der Waals surface area contributed by atoms with Gasteiger partial charge in [0.05, 0.1) is 29.9 Å². The van der Waals surface area contributed by atoms with Gasteiger partial charge < -0.3 is 10.1 Å². The molecule has 114 valence electrons. The van der Waals surface area contributed by atoms with Gasteiger partial charge in [-0.15, -0.1) is 11.8 Å². The molecule has 0 fully saturated rings. The maximum atomic E-state index is 11.8. The third-order valence-electron chi connectivity index (χ3n) is 3.52. The second-order valence-electron chi connectivity index (χ2n) is 4.92. The Morgan fingerprint density at radius 3 is 2.82 bits per heavy atom. The number of hydrogen-bond acceptors (Lipinski definition) is 5. The molecular weight excluding hydrogens is 302 g/mol. The molecule has 1 aromatic heterocycles. The van der Waals surface area contributed by atoms with E-state index in [1.165, 1.54) is 18.9 Å². The lowest BCUT2D eigenvalue weighted by Gasteiger charge is -2.14. The molecule has 0 spiro atoms. The van der Waals surface area contributed by atoms with E-state index in [1.807, 2.05) is 12.1 Å². The van der Waals surface area contributed by atoms with Gasteiger partial charge in [0.25, 0.3) is 0 Å². The maximum absolute atomic E-state index is 11.8. The van der Waals surface area contributed by atoms with Gasteiger partial charge in [0.2, 0.25) is 5.91 Å². The van der Waals surface area contributed by atoms with Crippen LogP contribution in [-0.2, 0) is 16.6 Å². The van der Waals surface area contributed by atoms with Crippen molar-refractivity contribution in [2.24, 2.45) is 7.05 Å². The highest BCUT2D eigenvalue weighted by Crippen LogP contribution is 2.41. The van der Waals surface area contributed by atoms with Crippen LogP contribution < -0.4 is 5.32 Å². The van der Waals surface area contributed by atoms with Crippen LogP contribution in [0.2, 0.25) is 0 Å². The van der Waals surface area contributed by atoms with Gasteiger partial charge >= 0.3 is 5.97 Å². The zero-order valence-electron chi connectivity index (χ0n) is 12.2. The van der Waals surface area contributed by atoms with Crippen LogP contribution in [0, 0.1) is 0 Å². The molecule has 0 bridgehead atoms. The molecule has 7 heteroatoms. The molecule has 0 aliphatic carbocycles. The molecule has 6 nitrogen and oxygen atoms in total. The second-order valence-corrected chi connectivity index (χ2v) is 6.02. The number of anilines is 1. The minimum atomic E-state index is -0.362. The van der Waals surface area contributed by atoms with E-state index < -0.39 is 0 Å². The lowest BCUT2D eigenvalue weighted by molar-refractivity contribution is -0.113. The minimum Gasteiger partial charge on any atom is -0.465 e. The molecule has 1 N–H and O–H groups in total. The monoisotopic (exact) mass is 317 g/mol. The van der Waals surface area contributed by atoms with E-state index in [2.05, 4.69) is 10.4 Å². The van der Waals surface area contributed by atoms with Crippen LogP contribution in [0.3, 0.4) is 0 Å². The number of carbonyl (C=O) groups excluding carboxylic acids is 2. The number of hydrogen-bond donors (Lipinski definition) is 1. The first-order valence-corrected chi connectivity index (χ1v) is 7.76. The van der Waals surface area contributed by atoms with Gasteiger partial charge in [-0.05, 0) is 17.7 Å². The number of carbonyl (C=O) groups is 2. The number of aromatic nitrogens is 2. The number of aryl methyl sites for hydroxylation is 1. The first-order chi connectivity index (χ1) is 10.6. The lowest BCUT2D eigenvalue weighted by Crippen LogP contribution is -2.15. The first kappa shape index (κ1) is 14.6. The van der Waals surface area contributed by atoms with Crippen molar-refractivity contribution in [2.75, 3.05) is 18.2 Å². The highest BCUT2D eigenvalue weighted by molar-refractivity contribution is 8.00. The van der Waals surface area contributed by atoms with Gasteiger partial charge in [-0.1, -0.05) is 12.1 Å². The highest BCUT2D eigenvalue weighted by Gasteiger charge is 2.27. The Morgan fingerprint density at radius 1 is 1.41 bits per heavy atom. The Labute approximate surface area is 131 Å². The number of esters is 1. The molecule has 2 heterocycles. The van der Waals surface area contributed by atoms with Crippen LogP contribution in [0.25, 0.3) is 0 Å². The zero-order chi connectivity index (χ0) is 15.7. The van der Waals surface area contributed by atoms with Crippen LogP contribution >= 0.6 is 11.8 Å². The van der Waals surface area contributed by atoms with E-state index in [4.69, 9.17) is 4.74 Å². The van der Waals surface area contributed by atoms with Crippen molar-refractivity contribution in [1.82, 2.24) is 9.78 Å². The summed E-state index contributed by atoms with van der Waals surface area (Å²) < 4.78 is 6.36. The normalized spacial score (nSPS) is 17.4. The molecule has 1 aliphatic rings. The van der Waals surface area contributed by atoms with Crippen molar-refractivity contribution in [1.29, 1.82) is 0 Å². The molecule has 1 aliphatic heterocycles. The van der Waals surface area contributed by atoms with E-state index in [1.54, 1.807) is 30.1 Å². The second kappa shape index (κ2) is 5.84. The Balaban J connectivity index is 1.97. The molecule has 22 heavy (non-hydrogen) atoms. The van der Waals surface area contributed by atoms with Crippen LogP contribution in [0.1, 0.15) is 26.7 Å². The van der Waals surface area contributed by atoms with Gasteiger partial charge in [-0.25, -0.2) is 4.79 Å². The number of nitrogens with one attached hydrogen (secondary N) is 1. The van der Waals surface area contributed by atoms with Crippen LogP contribution in [0.5, 0.6) is 0 Å². The fourth-order valence-electron chi connectivity index (χ4n) is 2.40. The van der Waals surface area contributed by atoms with E-state index in [0.717, 1.165) is 16.9 Å². The van der Waals surface area contributed by atoms with E-state index in [0.29, 0.717) is 11.3 Å². The van der Waals surface area contributed by atoms with E-state index in [-0.39, 0.29) is 17.1 Å². The molecule has 1 aromatic carbocycles. The molecule has 1 atom stereocenters. The number of methoxy groups -OCH3 is 1. The lowest BCUT2D eigenvalue weighted by atomic mass is 10.0. The fraction of sp³-hybridized carbons (Fsp3) is 0.267. The summed E-state index contributed by atoms with van der Waals surface area (Å²) in [4.78, 5) is 23.3. The molecule has 0 saturated carbocycles. The summed E-state index contributed by atoms with van der Waals surface area (Å²) in [6.45, 7) is 0. The van der Waals surface area contributed by atoms with Gasteiger partial charge in [0, 0.05) is 12.6 Å². The summed E-state index contributed by atoms with van der Waals surface area (Å²) in [6.07, 6.45) is 1.77. The molecular formula is C15H15N3O3S. The maximum Gasteiger partial charge on any atom is 0.337 e. The third-order valence-corrected chi connectivity index (χ3v) is 4.81. The predicted molar refractivity (Wildman–Crippen MR) is 83.9 cm³/mol. The van der Waals surface area contributed by atoms with Crippen LogP contribution in [0.4, 0.5) is 5.82 Å². The number of ether oxygens (including phenoxy) is 1. The number of benzene rings is 1. The molecule has 0 unspecified atom stereocenters. The minimum absolute atomic E-state index is 0.00523. The number of rotatable bonds is 2. The van der Waals surface area contributed by atoms with Gasteiger partial charge in [0.1, 0.15) is 5.82 Å². The van der Waals surface area contributed by atoms with Crippen molar-refractivity contribution >= 4 is 29.5 Å². The van der Waals surface area contributed by atoms with Crippen molar-refractivity contribution in [3.8, 4) is 0 Å². The van der Waals surface area contributed by atoms with Gasteiger partial charge in [-0.2, -0.15) is 5.10 Å². The Hall–Kier alpha value is -2.28. The molecule has 2 aromatic rings. The average Bonchev–Trinajstić information content (AvgIpc) is 2.79. The van der Waals surface area contributed by atoms with Crippen LogP contribution in [0.15, 0.2) is 30.5 Å². The summed E-state index contributed by atoms with van der Waals surface area (Å²) in [6, 6.07) is 7.24. The standard InChI is InChI=1S/C15H15N3O3S/c1-18-14-11(7-16-18)13(22-8-12(19)17-14)9-3-5-10(6-4-9)15(20)21-2/h3-7,13H,8H2,1-2H3,(H,17,19)/t13-/m0/s1. The molecule has 3 rings (SSSR count). The van der Waals surface area contributed by atoms with Crippen molar-refractivity contribution < 1.29 is 14.3 Å². The fourth-order valence-corrected chi connectivity index (χ4v) is 3.50. The third kappa shape index (κ3) is 2.59. The van der Waals surface area contributed by atoms with Crippen molar-refractivity contribution in [3.63, 3.8) is 0 Å². The summed E-state index contributed by atoms with van der Waals surface area (Å²) >= 11 is 1.54. The smallest absolute Gasteiger partial charge is 0.337 e. The average molecular weight is 317 g/mol. The van der Waals surface area contributed by atoms with E-state index in [9.17, 15) is 9.59 Å². The van der Waals surface area contributed by atoms with Gasteiger partial charge in [-0.3, -0.25) is 9.48 Å². The number of thioether (sulfide) groups is 1. The zero-order valence-corrected chi connectivity index (χ0v) is 13.0. The first-order valence-electron chi connectivity index (χ1n) is 6.71. The highest BCUT2D eigenvalue weighted by atomic mass is 32.2. The van der Waals surface area contributed by atoms with Crippen molar-refractivity contribution in [3.05, 3.63) is 47.2 Å². The van der Waals surface area contributed by atoms with Gasteiger partial charge in [0.15, 0.2) is 0 Å². The largest absolute Gasteiger partial charge is 0.465 e. The van der Waals surface area contributed by atoms with Crippen molar-refractivity contribution in [2.45, 2.75) is 5.25 Å². The SMILES string of the molecule is COC(=O)c1ccc([C@@H]2SCC(=O)Nc3c2cnn3C)cc1. The summed E-state index contributed by atoms with van der Waals surface area (Å²) in [5, 5.41) is 7.09. The Kier molecular flexibility index (Phi) is 3.89. The summed E-state index contributed by atoms with van der Waals surface area (Å²) in [5.41, 5.74) is 2.48. The quantitative estimate of drug-likeness (QED) is 0.858. The Morgan fingerprint density at radius 2 is 2.14 bits per heavy atom. The Bertz CT molecular complexity index is 724.